The van der Waals surface area contributed by atoms with Crippen molar-refractivity contribution in [2.75, 3.05) is 5.32 Å². The molecular weight excluding hydrogens is 332 g/mol. The molecule has 2 aliphatic carbocycles. The smallest absolute Gasteiger partial charge is 0.229 e. The van der Waals surface area contributed by atoms with Gasteiger partial charge in [0, 0.05) is 28.9 Å². The van der Waals surface area contributed by atoms with Crippen LogP contribution in [0.15, 0.2) is 0 Å². The molecule has 1 heterocycles. The first-order chi connectivity index (χ1) is 10.3. The largest absolute Gasteiger partial charge is 0.327 e. The maximum atomic E-state index is 12.6. The number of anilines is 1. The van der Waals surface area contributed by atoms with Gasteiger partial charge in [0.2, 0.25) is 11.0 Å². The van der Waals surface area contributed by atoms with Crippen molar-refractivity contribution in [3.63, 3.8) is 0 Å². The molecule has 0 aromatic carbocycles. The SMILES string of the molecule is CC(C)(C)c1nsc(NC(=O)C2CC3CCCC(C2)C3N)n1.Cl. The zero-order valence-electron chi connectivity index (χ0n) is 14.0. The summed E-state index contributed by atoms with van der Waals surface area (Å²) in [4.78, 5) is 17.0. The van der Waals surface area contributed by atoms with Crippen LogP contribution in [0.5, 0.6) is 0 Å². The first-order valence-corrected chi connectivity index (χ1v) is 9.02. The molecule has 130 valence electrons. The van der Waals surface area contributed by atoms with Crippen molar-refractivity contribution in [1.29, 1.82) is 0 Å². The van der Waals surface area contributed by atoms with Crippen LogP contribution in [0, 0.1) is 17.8 Å². The van der Waals surface area contributed by atoms with E-state index < -0.39 is 0 Å². The van der Waals surface area contributed by atoms with Gasteiger partial charge in [-0.2, -0.15) is 4.37 Å². The Morgan fingerprint density at radius 3 is 2.39 bits per heavy atom. The number of nitrogens with two attached hydrogens (primary N) is 1. The Bertz CT molecular complexity index is 543. The predicted molar refractivity (Wildman–Crippen MR) is 96.0 cm³/mol. The second kappa shape index (κ2) is 7.03. The number of hydrogen-bond donors (Lipinski definition) is 2. The third-order valence-electron chi connectivity index (χ3n) is 5.11. The third kappa shape index (κ3) is 4.03. The number of nitrogens with one attached hydrogen (secondary N) is 1. The molecule has 1 aromatic heterocycles. The van der Waals surface area contributed by atoms with Crippen LogP contribution in [0.2, 0.25) is 0 Å². The topological polar surface area (TPSA) is 80.9 Å². The van der Waals surface area contributed by atoms with E-state index in [4.69, 9.17) is 5.73 Å². The van der Waals surface area contributed by atoms with Gasteiger partial charge in [-0.1, -0.05) is 27.2 Å². The van der Waals surface area contributed by atoms with Gasteiger partial charge in [0.15, 0.2) is 0 Å². The van der Waals surface area contributed by atoms with E-state index in [1.165, 1.54) is 30.8 Å². The van der Waals surface area contributed by atoms with Gasteiger partial charge in [0.25, 0.3) is 0 Å². The molecule has 3 rings (SSSR count). The minimum absolute atomic E-state index is 0. The van der Waals surface area contributed by atoms with Crippen molar-refractivity contribution in [2.45, 2.75) is 64.3 Å². The number of carbonyl (C=O) groups is 1. The Hall–Kier alpha value is -0.720. The molecule has 0 spiro atoms. The molecule has 0 saturated heterocycles. The molecule has 5 nitrogen and oxygen atoms in total. The average molecular weight is 359 g/mol. The van der Waals surface area contributed by atoms with Crippen LogP contribution in [0.1, 0.15) is 58.7 Å². The van der Waals surface area contributed by atoms with E-state index in [1.807, 2.05) is 0 Å². The molecule has 2 unspecified atom stereocenters. The maximum absolute atomic E-state index is 12.6. The lowest BCUT2D eigenvalue weighted by molar-refractivity contribution is -0.122. The van der Waals surface area contributed by atoms with Crippen molar-refractivity contribution in [3.8, 4) is 0 Å². The number of halogens is 1. The van der Waals surface area contributed by atoms with Crippen molar-refractivity contribution < 1.29 is 4.79 Å². The monoisotopic (exact) mass is 358 g/mol. The van der Waals surface area contributed by atoms with Gasteiger partial charge >= 0.3 is 0 Å². The normalized spacial score (nSPS) is 30.4. The summed E-state index contributed by atoms with van der Waals surface area (Å²) in [6.45, 7) is 6.22. The second-order valence-electron chi connectivity index (χ2n) is 7.86. The van der Waals surface area contributed by atoms with Gasteiger partial charge in [-0.3, -0.25) is 4.79 Å². The lowest BCUT2D eigenvalue weighted by Gasteiger charge is -2.43. The van der Waals surface area contributed by atoms with E-state index in [0.29, 0.717) is 23.0 Å². The molecule has 1 amide bonds. The lowest BCUT2D eigenvalue weighted by atomic mass is 9.65. The Morgan fingerprint density at radius 2 is 1.87 bits per heavy atom. The number of aromatic nitrogens is 2. The Labute approximate surface area is 148 Å². The third-order valence-corrected chi connectivity index (χ3v) is 5.74. The molecule has 2 saturated carbocycles. The van der Waals surface area contributed by atoms with Gasteiger partial charge in [0.1, 0.15) is 5.82 Å². The van der Waals surface area contributed by atoms with E-state index >= 15 is 0 Å². The van der Waals surface area contributed by atoms with Gasteiger partial charge in [-0.05, 0) is 37.5 Å². The summed E-state index contributed by atoms with van der Waals surface area (Å²) in [6, 6.07) is 0.298. The number of amides is 1. The summed E-state index contributed by atoms with van der Waals surface area (Å²) in [5.41, 5.74) is 6.21. The zero-order chi connectivity index (χ0) is 15.9. The standard InChI is InChI=1S/C16H26N4OS.ClH/c1-16(2,3)14-19-15(22-20-14)18-13(21)11-7-9-5-4-6-10(8-11)12(9)17;/h9-12H,4-8,17H2,1-3H3,(H,18,19,20,21);1H. The highest BCUT2D eigenvalue weighted by Gasteiger charge is 2.40. The summed E-state index contributed by atoms with van der Waals surface area (Å²) in [5.74, 6) is 2.00. The zero-order valence-corrected chi connectivity index (χ0v) is 15.7. The Balaban J connectivity index is 0.00000192. The van der Waals surface area contributed by atoms with Crippen LogP contribution in [0.3, 0.4) is 0 Å². The molecule has 0 aliphatic heterocycles. The first-order valence-electron chi connectivity index (χ1n) is 8.25. The second-order valence-corrected chi connectivity index (χ2v) is 8.61. The number of nitrogens with zero attached hydrogens (tertiary/aromatic N) is 2. The lowest BCUT2D eigenvalue weighted by Crippen LogP contribution is -2.48. The molecule has 3 N–H and O–H groups in total. The van der Waals surface area contributed by atoms with E-state index in [2.05, 4.69) is 35.4 Å². The highest BCUT2D eigenvalue weighted by Crippen LogP contribution is 2.42. The van der Waals surface area contributed by atoms with Crippen molar-refractivity contribution in [3.05, 3.63) is 5.82 Å². The van der Waals surface area contributed by atoms with Gasteiger partial charge in [-0.15, -0.1) is 12.4 Å². The van der Waals surface area contributed by atoms with Gasteiger partial charge in [-0.25, -0.2) is 4.98 Å². The maximum Gasteiger partial charge on any atom is 0.229 e. The molecule has 2 atom stereocenters. The van der Waals surface area contributed by atoms with E-state index in [9.17, 15) is 4.79 Å². The van der Waals surface area contributed by atoms with E-state index in [0.717, 1.165) is 18.7 Å². The number of carbonyl (C=O) groups excluding carboxylic acids is 1. The number of rotatable bonds is 2. The van der Waals surface area contributed by atoms with Crippen LogP contribution in [-0.4, -0.2) is 21.3 Å². The van der Waals surface area contributed by atoms with Crippen molar-refractivity contribution in [1.82, 2.24) is 9.36 Å². The first kappa shape index (κ1) is 18.6. The molecule has 23 heavy (non-hydrogen) atoms. The van der Waals surface area contributed by atoms with Crippen LogP contribution >= 0.6 is 23.9 Å². The van der Waals surface area contributed by atoms with Crippen LogP contribution in [0.25, 0.3) is 0 Å². The minimum Gasteiger partial charge on any atom is -0.327 e. The molecule has 7 heteroatoms. The quantitative estimate of drug-likeness (QED) is 0.849. The summed E-state index contributed by atoms with van der Waals surface area (Å²) in [6.07, 6.45) is 5.47. The molecule has 2 aliphatic rings. The van der Waals surface area contributed by atoms with Crippen LogP contribution in [0.4, 0.5) is 5.13 Å². The summed E-state index contributed by atoms with van der Waals surface area (Å²) in [7, 11) is 0. The number of fused-ring (bicyclic) bond motifs is 2. The molecule has 2 bridgehead atoms. The van der Waals surface area contributed by atoms with Crippen molar-refractivity contribution >= 4 is 35.0 Å². The Morgan fingerprint density at radius 1 is 1.26 bits per heavy atom. The van der Waals surface area contributed by atoms with Crippen LogP contribution in [-0.2, 0) is 10.2 Å². The van der Waals surface area contributed by atoms with Gasteiger partial charge in [0.05, 0.1) is 0 Å². The van der Waals surface area contributed by atoms with Gasteiger partial charge < -0.3 is 11.1 Å². The predicted octanol–water partition coefficient (Wildman–Crippen LogP) is 3.35. The fourth-order valence-electron chi connectivity index (χ4n) is 3.79. The van der Waals surface area contributed by atoms with E-state index in [-0.39, 0.29) is 29.6 Å². The summed E-state index contributed by atoms with van der Waals surface area (Å²) >= 11 is 1.27. The average Bonchev–Trinajstić information content (AvgIpc) is 2.86. The molecule has 0 radical (unpaired) electrons. The Kier molecular flexibility index (Phi) is 5.69. The van der Waals surface area contributed by atoms with Crippen LogP contribution < -0.4 is 11.1 Å². The fraction of sp³-hybridized carbons (Fsp3) is 0.812. The summed E-state index contributed by atoms with van der Waals surface area (Å²) in [5, 5.41) is 3.59. The minimum atomic E-state index is -0.0892. The number of hydrogen-bond acceptors (Lipinski definition) is 5. The molecular formula is C16H27ClN4OS. The highest BCUT2D eigenvalue weighted by molar-refractivity contribution is 7.09. The summed E-state index contributed by atoms with van der Waals surface area (Å²) < 4.78 is 4.35. The van der Waals surface area contributed by atoms with Crippen molar-refractivity contribution in [2.24, 2.45) is 23.5 Å². The highest BCUT2D eigenvalue weighted by atomic mass is 35.5. The molecule has 2 fully saturated rings. The fourth-order valence-corrected chi connectivity index (χ4v) is 4.55. The van der Waals surface area contributed by atoms with E-state index in [1.54, 1.807) is 0 Å². The molecule has 1 aromatic rings.